The molecule has 2 aliphatic rings. The first kappa shape index (κ1) is 14.9. The standard InChI is InChI=1S/C16H19N3O3/c1-4-15(7-8-21-3)13-11(5-6-12(17-2)18-13)16(9-22-10-16)19-14(15)20/h5-6H,4,7-10H2,1,3H3,(H,19,20). The molecule has 1 aromatic heterocycles. The van der Waals surface area contributed by atoms with Crippen molar-refractivity contribution in [2.75, 3.05) is 26.9 Å². The normalized spacial score (nSPS) is 25.0. The van der Waals surface area contributed by atoms with Crippen LogP contribution in [0.5, 0.6) is 0 Å². The van der Waals surface area contributed by atoms with E-state index in [2.05, 4.69) is 15.1 Å². The van der Waals surface area contributed by atoms with Crippen molar-refractivity contribution in [1.82, 2.24) is 10.3 Å². The minimum atomic E-state index is -0.743. The second-order valence-corrected chi connectivity index (χ2v) is 5.88. The molecule has 1 atom stereocenters. The fourth-order valence-corrected chi connectivity index (χ4v) is 3.32. The van der Waals surface area contributed by atoms with Crippen LogP contribution in [0.15, 0.2) is 12.1 Å². The van der Waals surface area contributed by atoms with E-state index in [0.29, 0.717) is 44.2 Å². The molecule has 0 bridgehead atoms. The zero-order chi connectivity index (χ0) is 15.8. The molecular formula is C16H19N3O3. The van der Waals surface area contributed by atoms with Gasteiger partial charge in [0.2, 0.25) is 5.91 Å². The van der Waals surface area contributed by atoms with Crippen LogP contribution in [0.25, 0.3) is 4.85 Å². The molecule has 1 spiro atoms. The third-order valence-electron chi connectivity index (χ3n) is 4.78. The van der Waals surface area contributed by atoms with Crippen molar-refractivity contribution in [2.45, 2.75) is 30.7 Å². The highest BCUT2D eigenvalue weighted by Crippen LogP contribution is 2.45. The number of nitrogens with zero attached hydrogens (tertiary/aromatic N) is 2. The van der Waals surface area contributed by atoms with Crippen LogP contribution < -0.4 is 5.32 Å². The second-order valence-electron chi connectivity index (χ2n) is 5.88. The maximum Gasteiger partial charge on any atom is 0.269 e. The number of hydrogen-bond donors (Lipinski definition) is 1. The van der Waals surface area contributed by atoms with Crippen LogP contribution in [0, 0.1) is 6.57 Å². The summed E-state index contributed by atoms with van der Waals surface area (Å²) in [6.07, 6.45) is 1.16. The molecule has 1 fully saturated rings. The van der Waals surface area contributed by atoms with E-state index in [-0.39, 0.29) is 5.91 Å². The number of rotatable bonds is 4. The molecule has 3 heterocycles. The summed E-state index contributed by atoms with van der Waals surface area (Å²) in [5.41, 5.74) is 0.467. The number of fused-ring (bicyclic) bond motifs is 2. The number of methoxy groups -OCH3 is 1. The van der Waals surface area contributed by atoms with Gasteiger partial charge in [0, 0.05) is 19.3 Å². The summed E-state index contributed by atoms with van der Waals surface area (Å²) in [5, 5.41) is 3.14. The lowest BCUT2D eigenvalue weighted by atomic mass is 9.68. The zero-order valence-electron chi connectivity index (χ0n) is 12.8. The largest absolute Gasteiger partial charge is 0.385 e. The van der Waals surface area contributed by atoms with Crippen molar-refractivity contribution >= 4 is 11.7 Å². The van der Waals surface area contributed by atoms with Crippen molar-refractivity contribution in [2.24, 2.45) is 0 Å². The highest BCUT2D eigenvalue weighted by Gasteiger charge is 2.57. The summed E-state index contributed by atoms with van der Waals surface area (Å²) >= 11 is 0. The van der Waals surface area contributed by atoms with E-state index in [9.17, 15) is 4.79 Å². The van der Waals surface area contributed by atoms with Crippen molar-refractivity contribution in [3.05, 3.63) is 34.8 Å². The van der Waals surface area contributed by atoms with Gasteiger partial charge in [0.25, 0.3) is 5.82 Å². The van der Waals surface area contributed by atoms with E-state index in [1.165, 1.54) is 0 Å². The number of amides is 1. The molecule has 0 aromatic carbocycles. The minimum Gasteiger partial charge on any atom is -0.385 e. The van der Waals surface area contributed by atoms with Gasteiger partial charge in [-0.3, -0.25) is 4.79 Å². The zero-order valence-corrected chi connectivity index (χ0v) is 12.8. The second kappa shape index (κ2) is 5.34. The summed E-state index contributed by atoms with van der Waals surface area (Å²) in [5.74, 6) is 0.275. The van der Waals surface area contributed by atoms with Gasteiger partial charge in [-0.15, -0.1) is 4.98 Å². The molecule has 0 saturated carbocycles. The molecule has 22 heavy (non-hydrogen) atoms. The summed E-state index contributed by atoms with van der Waals surface area (Å²) < 4.78 is 10.5. The van der Waals surface area contributed by atoms with Crippen molar-refractivity contribution in [1.29, 1.82) is 0 Å². The maximum absolute atomic E-state index is 12.9. The molecule has 1 unspecified atom stereocenters. The first-order valence-corrected chi connectivity index (χ1v) is 7.40. The van der Waals surface area contributed by atoms with Gasteiger partial charge in [-0.25, -0.2) is 0 Å². The molecule has 6 nitrogen and oxygen atoms in total. The number of carbonyl (C=O) groups is 1. The predicted molar refractivity (Wildman–Crippen MR) is 79.6 cm³/mol. The van der Waals surface area contributed by atoms with E-state index in [0.717, 1.165) is 5.56 Å². The Labute approximate surface area is 129 Å². The highest BCUT2D eigenvalue weighted by atomic mass is 16.5. The highest BCUT2D eigenvalue weighted by molar-refractivity contribution is 5.91. The van der Waals surface area contributed by atoms with E-state index >= 15 is 0 Å². The van der Waals surface area contributed by atoms with Crippen molar-refractivity contribution in [3.8, 4) is 0 Å². The SMILES string of the molecule is [C-]#[N+]c1ccc2c(n1)C(CC)(CCOC)C(=O)NC21COC1. The Balaban J connectivity index is 2.18. The van der Waals surface area contributed by atoms with Gasteiger partial charge in [-0.1, -0.05) is 19.6 Å². The minimum absolute atomic E-state index is 0.0440. The Morgan fingerprint density at radius 3 is 2.82 bits per heavy atom. The van der Waals surface area contributed by atoms with Gasteiger partial charge in [0.1, 0.15) is 11.0 Å². The number of nitrogens with one attached hydrogen (secondary N) is 1. The Morgan fingerprint density at radius 1 is 1.50 bits per heavy atom. The Morgan fingerprint density at radius 2 is 2.27 bits per heavy atom. The maximum atomic E-state index is 12.9. The van der Waals surface area contributed by atoms with Crippen LogP contribution in [0.1, 0.15) is 31.0 Å². The monoisotopic (exact) mass is 301 g/mol. The Hall–Kier alpha value is -1.97. The number of carbonyl (C=O) groups excluding carboxylic acids is 1. The van der Waals surface area contributed by atoms with E-state index in [1.807, 2.05) is 13.0 Å². The van der Waals surface area contributed by atoms with Crippen LogP contribution in [0.4, 0.5) is 5.82 Å². The number of hydrogen-bond acceptors (Lipinski definition) is 4. The molecule has 3 rings (SSSR count). The average molecular weight is 301 g/mol. The lowest BCUT2D eigenvalue weighted by Gasteiger charge is -2.49. The van der Waals surface area contributed by atoms with Crippen LogP contribution in [0.3, 0.4) is 0 Å². The first-order valence-electron chi connectivity index (χ1n) is 7.40. The van der Waals surface area contributed by atoms with Crippen molar-refractivity contribution < 1.29 is 14.3 Å². The number of aromatic nitrogens is 1. The van der Waals surface area contributed by atoms with Crippen LogP contribution in [-0.4, -0.2) is 37.8 Å². The molecule has 1 amide bonds. The molecule has 6 heteroatoms. The van der Waals surface area contributed by atoms with Gasteiger partial charge < -0.3 is 19.6 Å². The fraction of sp³-hybridized carbons (Fsp3) is 0.562. The summed E-state index contributed by atoms with van der Waals surface area (Å²) in [6, 6.07) is 3.62. The molecule has 0 radical (unpaired) electrons. The van der Waals surface area contributed by atoms with E-state index < -0.39 is 11.0 Å². The van der Waals surface area contributed by atoms with Crippen LogP contribution >= 0.6 is 0 Å². The lowest BCUT2D eigenvalue weighted by molar-refractivity contribution is -0.144. The van der Waals surface area contributed by atoms with E-state index in [1.54, 1.807) is 13.2 Å². The predicted octanol–water partition coefficient (Wildman–Crippen LogP) is 1.67. The molecule has 2 aliphatic heterocycles. The summed E-state index contributed by atoms with van der Waals surface area (Å²) in [7, 11) is 1.62. The third-order valence-corrected chi connectivity index (χ3v) is 4.78. The van der Waals surface area contributed by atoms with Gasteiger partial charge in [0.05, 0.1) is 13.2 Å². The molecule has 1 N–H and O–H groups in total. The Bertz CT molecular complexity index is 649. The van der Waals surface area contributed by atoms with E-state index in [4.69, 9.17) is 16.0 Å². The average Bonchev–Trinajstić information content (AvgIpc) is 2.51. The van der Waals surface area contributed by atoms with Gasteiger partial charge in [-0.2, -0.15) is 0 Å². The Kier molecular flexibility index (Phi) is 3.63. The van der Waals surface area contributed by atoms with Gasteiger partial charge in [0.15, 0.2) is 5.69 Å². The smallest absolute Gasteiger partial charge is 0.269 e. The quantitative estimate of drug-likeness (QED) is 0.859. The molecule has 1 saturated heterocycles. The summed E-state index contributed by atoms with van der Waals surface area (Å²) in [4.78, 5) is 20.8. The van der Waals surface area contributed by atoms with Crippen molar-refractivity contribution in [3.63, 3.8) is 0 Å². The summed E-state index contributed by atoms with van der Waals surface area (Å²) in [6.45, 7) is 10.6. The molecule has 1 aromatic rings. The number of pyridine rings is 1. The fourth-order valence-electron chi connectivity index (χ4n) is 3.32. The van der Waals surface area contributed by atoms with Gasteiger partial charge in [-0.05, 0) is 18.9 Å². The topological polar surface area (TPSA) is 64.8 Å². The van der Waals surface area contributed by atoms with Crippen LogP contribution in [-0.2, 0) is 25.2 Å². The molecular weight excluding hydrogens is 282 g/mol. The number of ether oxygens (including phenoxy) is 2. The third kappa shape index (κ3) is 1.93. The lowest BCUT2D eigenvalue weighted by Crippen LogP contribution is -2.67. The van der Waals surface area contributed by atoms with Crippen LogP contribution in [0.2, 0.25) is 0 Å². The first-order chi connectivity index (χ1) is 10.6. The molecule has 116 valence electrons. The van der Waals surface area contributed by atoms with Gasteiger partial charge >= 0.3 is 0 Å². The molecule has 0 aliphatic carbocycles.